The summed E-state index contributed by atoms with van der Waals surface area (Å²) in [6, 6.07) is 2.52. The molecular formula is C10H6Cl4N4O2S. The van der Waals surface area contributed by atoms with Crippen LogP contribution in [0.25, 0.3) is 0 Å². The number of benzene rings is 1. The maximum atomic E-state index is 12.3. The van der Waals surface area contributed by atoms with Crippen LogP contribution in [0.3, 0.4) is 0 Å². The van der Waals surface area contributed by atoms with Gasteiger partial charge in [0.05, 0.1) is 10.0 Å². The Morgan fingerprint density at radius 2 is 1.62 bits per heavy atom. The van der Waals surface area contributed by atoms with Crippen molar-refractivity contribution in [2.75, 3.05) is 10.5 Å². The molecule has 3 N–H and O–H groups in total. The topological polar surface area (TPSA) is 98.0 Å². The summed E-state index contributed by atoms with van der Waals surface area (Å²) in [7, 11) is -4.13. The van der Waals surface area contributed by atoms with Crippen LogP contribution in [0, 0.1) is 0 Å². The van der Waals surface area contributed by atoms with E-state index in [1.165, 1.54) is 12.1 Å². The molecule has 0 radical (unpaired) electrons. The Hall–Kier alpha value is -0.990. The van der Waals surface area contributed by atoms with Crippen molar-refractivity contribution in [1.82, 2.24) is 9.97 Å². The second kappa shape index (κ2) is 6.02. The van der Waals surface area contributed by atoms with E-state index < -0.39 is 10.0 Å². The first-order valence-corrected chi connectivity index (χ1v) is 8.15. The van der Waals surface area contributed by atoms with Crippen LogP contribution in [0.15, 0.2) is 23.4 Å². The van der Waals surface area contributed by atoms with Crippen LogP contribution in [-0.2, 0) is 10.0 Å². The molecule has 1 aromatic carbocycles. The van der Waals surface area contributed by atoms with Gasteiger partial charge in [0.15, 0.2) is 11.0 Å². The number of sulfonamides is 1. The smallest absolute Gasteiger partial charge is 0.266 e. The lowest BCUT2D eigenvalue weighted by atomic mass is 10.3. The molecular weight excluding hydrogens is 382 g/mol. The average Bonchev–Trinajstić information content (AvgIpc) is 2.33. The van der Waals surface area contributed by atoms with Gasteiger partial charge in [-0.05, 0) is 12.1 Å². The van der Waals surface area contributed by atoms with Gasteiger partial charge >= 0.3 is 0 Å². The minimum Gasteiger partial charge on any atom is -0.399 e. The first kappa shape index (κ1) is 16.4. The highest BCUT2D eigenvalue weighted by atomic mass is 35.5. The molecule has 0 saturated carbocycles. The summed E-state index contributed by atoms with van der Waals surface area (Å²) >= 11 is 23.3. The molecule has 6 nitrogen and oxygen atoms in total. The number of nitrogens with two attached hydrogens (primary N) is 1. The third-order valence-electron chi connectivity index (χ3n) is 2.27. The molecule has 0 bridgehead atoms. The Bertz CT molecular complexity index is 790. The van der Waals surface area contributed by atoms with E-state index in [4.69, 9.17) is 52.1 Å². The van der Waals surface area contributed by atoms with Crippen molar-refractivity contribution in [1.29, 1.82) is 0 Å². The maximum Gasteiger partial charge on any atom is 0.266 e. The van der Waals surface area contributed by atoms with Crippen LogP contribution >= 0.6 is 46.4 Å². The maximum absolute atomic E-state index is 12.3. The van der Waals surface area contributed by atoms with Gasteiger partial charge in [0.2, 0.25) is 0 Å². The van der Waals surface area contributed by atoms with Crippen molar-refractivity contribution in [3.63, 3.8) is 0 Å². The van der Waals surface area contributed by atoms with E-state index in [-0.39, 0.29) is 36.6 Å². The van der Waals surface area contributed by atoms with Crippen molar-refractivity contribution in [2.45, 2.75) is 4.90 Å². The number of nitrogens with one attached hydrogen (secondary N) is 1. The number of halogens is 4. The third kappa shape index (κ3) is 3.44. The fraction of sp³-hybridized carbons (Fsp3) is 0. The van der Waals surface area contributed by atoms with Crippen LogP contribution in [0.5, 0.6) is 0 Å². The predicted molar refractivity (Wildman–Crippen MR) is 83.7 cm³/mol. The summed E-state index contributed by atoms with van der Waals surface area (Å²) in [5, 5.41) is -0.517. The Labute approximate surface area is 140 Å². The standard InChI is InChI=1S/C10H6Cl4N4O2S/c11-5-1-4(15)2-6(12)8(5)21(19,20)18-10-7(13)9(14)16-3-17-10/h1-3H,15H2,(H,16,17,18). The summed E-state index contributed by atoms with van der Waals surface area (Å²) in [5.74, 6) is -0.194. The SMILES string of the molecule is Nc1cc(Cl)c(S(=O)(=O)Nc2ncnc(Cl)c2Cl)c(Cl)c1. The van der Waals surface area contributed by atoms with Crippen LogP contribution in [0.2, 0.25) is 20.2 Å². The lowest BCUT2D eigenvalue weighted by Gasteiger charge is -2.12. The zero-order chi connectivity index (χ0) is 15.8. The largest absolute Gasteiger partial charge is 0.399 e. The molecule has 11 heteroatoms. The van der Waals surface area contributed by atoms with E-state index in [0.717, 1.165) is 6.33 Å². The number of nitrogens with zero attached hydrogens (tertiary/aromatic N) is 2. The average molecular weight is 388 g/mol. The molecule has 0 aliphatic carbocycles. The van der Waals surface area contributed by atoms with Gasteiger partial charge in [0, 0.05) is 5.69 Å². The zero-order valence-electron chi connectivity index (χ0n) is 9.94. The van der Waals surface area contributed by atoms with E-state index in [1.807, 2.05) is 0 Å². The quantitative estimate of drug-likeness (QED) is 0.620. The Morgan fingerprint density at radius 3 is 2.19 bits per heavy atom. The Morgan fingerprint density at radius 1 is 1.05 bits per heavy atom. The van der Waals surface area contributed by atoms with Gasteiger partial charge in [-0.3, -0.25) is 4.72 Å². The van der Waals surface area contributed by atoms with E-state index in [1.54, 1.807) is 0 Å². The molecule has 112 valence electrons. The number of nitrogen functional groups attached to an aromatic ring is 1. The van der Waals surface area contributed by atoms with E-state index >= 15 is 0 Å². The summed E-state index contributed by atoms with van der Waals surface area (Å²) in [6.45, 7) is 0. The van der Waals surface area contributed by atoms with Crippen molar-refractivity contribution in [3.8, 4) is 0 Å². The second-order valence-corrected chi connectivity index (χ2v) is 6.92. The minimum atomic E-state index is -4.13. The van der Waals surface area contributed by atoms with Crippen molar-refractivity contribution in [3.05, 3.63) is 38.7 Å². The molecule has 2 rings (SSSR count). The lowest BCUT2D eigenvalue weighted by Crippen LogP contribution is -2.15. The monoisotopic (exact) mass is 386 g/mol. The van der Waals surface area contributed by atoms with E-state index in [2.05, 4.69) is 14.7 Å². The number of aromatic nitrogens is 2. The normalized spacial score (nSPS) is 11.4. The molecule has 21 heavy (non-hydrogen) atoms. The molecule has 0 saturated heterocycles. The summed E-state index contributed by atoms with van der Waals surface area (Å²) < 4.78 is 26.8. The molecule has 2 aromatic rings. The number of anilines is 2. The summed E-state index contributed by atoms with van der Waals surface area (Å²) in [4.78, 5) is 6.96. The molecule has 1 heterocycles. The predicted octanol–water partition coefficient (Wildman–Crippen LogP) is 3.47. The fourth-order valence-corrected chi connectivity index (χ4v) is 4.02. The second-order valence-electron chi connectivity index (χ2n) is 3.75. The first-order chi connectivity index (χ1) is 9.72. The highest BCUT2D eigenvalue weighted by molar-refractivity contribution is 7.93. The van der Waals surface area contributed by atoms with Crippen LogP contribution in [-0.4, -0.2) is 18.4 Å². The van der Waals surface area contributed by atoms with Gasteiger partial charge in [-0.1, -0.05) is 46.4 Å². The fourth-order valence-electron chi connectivity index (χ4n) is 1.43. The van der Waals surface area contributed by atoms with Crippen LogP contribution in [0.4, 0.5) is 11.5 Å². The van der Waals surface area contributed by atoms with Gasteiger partial charge in [0.25, 0.3) is 10.0 Å². The Kier molecular flexibility index (Phi) is 4.69. The molecule has 0 unspecified atom stereocenters. The highest BCUT2D eigenvalue weighted by Crippen LogP contribution is 2.34. The van der Waals surface area contributed by atoms with Gasteiger partial charge in [-0.2, -0.15) is 0 Å². The lowest BCUT2D eigenvalue weighted by molar-refractivity contribution is 0.601. The molecule has 0 atom stereocenters. The Balaban J connectivity index is 2.51. The zero-order valence-corrected chi connectivity index (χ0v) is 13.8. The van der Waals surface area contributed by atoms with Crippen molar-refractivity contribution in [2.24, 2.45) is 0 Å². The van der Waals surface area contributed by atoms with Gasteiger partial charge in [-0.15, -0.1) is 0 Å². The first-order valence-electron chi connectivity index (χ1n) is 5.15. The van der Waals surface area contributed by atoms with Gasteiger partial charge in [0.1, 0.15) is 16.2 Å². The molecule has 0 spiro atoms. The number of rotatable bonds is 3. The molecule has 1 aromatic heterocycles. The molecule has 0 aliphatic heterocycles. The van der Waals surface area contributed by atoms with Gasteiger partial charge in [-0.25, -0.2) is 18.4 Å². The molecule has 0 amide bonds. The van der Waals surface area contributed by atoms with Crippen molar-refractivity contribution < 1.29 is 8.42 Å². The van der Waals surface area contributed by atoms with Crippen LogP contribution < -0.4 is 10.5 Å². The third-order valence-corrected chi connectivity index (χ3v) is 5.27. The molecule has 0 aliphatic rings. The van der Waals surface area contributed by atoms with Crippen LogP contribution in [0.1, 0.15) is 0 Å². The van der Waals surface area contributed by atoms with Gasteiger partial charge < -0.3 is 5.73 Å². The molecule has 0 fully saturated rings. The van der Waals surface area contributed by atoms with E-state index in [0.29, 0.717) is 0 Å². The summed E-state index contributed by atoms with van der Waals surface area (Å²) in [6.07, 6.45) is 1.05. The van der Waals surface area contributed by atoms with E-state index in [9.17, 15) is 8.42 Å². The van der Waals surface area contributed by atoms with Crippen molar-refractivity contribution >= 4 is 67.9 Å². The minimum absolute atomic E-state index is 0.0983. The summed E-state index contributed by atoms with van der Waals surface area (Å²) in [5.41, 5.74) is 5.75. The highest BCUT2D eigenvalue weighted by Gasteiger charge is 2.24. The number of hydrogen-bond acceptors (Lipinski definition) is 5. The number of hydrogen-bond donors (Lipinski definition) is 2.